The van der Waals surface area contributed by atoms with E-state index in [1.165, 1.54) is 6.20 Å². The van der Waals surface area contributed by atoms with Gasteiger partial charge in [-0.25, -0.2) is 9.97 Å². The molecule has 7 heteroatoms. The van der Waals surface area contributed by atoms with Crippen LogP contribution in [-0.4, -0.2) is 33.9 Å². The molecule has 1 fully saturated rings. The van der Waals surface area contributed by atoms with E-state index in [2.05, 4.69) is 25.2 Å². The van der Waals surface area contributed by atoms with Crippen LogP contribution in [0, 0.1) is 0 Å². The molecule has 1 aliphatic rings. The van der Waals surface area contributed by atoms with E-state index in [-0.39, 0.29) is 22.7 Å². The monoisotopic (exact) mass is 331 g/mol. The summed E-state index contributed by atoms with van der Waals surface area (Å²) < 4.78 is 0. The molecule has 2 aromatic rings. The van der Waals surface area contributed by atoms with Crippen LogP contribution in [0.2, 0.25) is 5.02 Å². The molecule has 1 unspecified atom stereocenters. The van der Waals surface area contributed by atoms with Crippen molar-refractivity contribution in [2.24, 2.45) is 0 Å². The fourth-order valence-corrected chi connectivity index (χ4v) is 2.76. The fraction of sp³-hybridized carbons (Fsp3) is 0.375. The molecule has 1 amide bonds. The van der Waals surface area contributed by atoms with E-state index < -0.39 is 0 Å². The van der Waals surface area contributed by atoms with Crippen molar-refractivity contribution in [1.29, 1.82) is 0 Å². The maximum atomic E-state index is 12.5. The van der Waals surface area contributed by atoms with Gasteiger partial charge in [-0.05, 0) is 37.5 Å². The van der Waals surface area contributed by atoms with E-state index in [0.717, 1.165) is 31.5 Å². The number of hydrogen-bond acceptors (Lipinski definition) is 5. The Hall–Kier alpha value is -2.21. The summed E-state index contributed by atoms with van der Waals surface area (Å²) in [6.45, 7) is 3.73. The van der Waals surface area contributed by atoms with Crippen molar-refractivity contribution < 1.29 is 4.79 Å². The van der Waals surface area contributed by atoms with Crippen LogP contribution in [0.1, 0.15) is 41.9 Å². The van der Waals surface area contributed by atoms with Crippen LogP contribution < -0.4 is 10.2 Å². The molecular formula is C16H18ClN5O. The molecular weight excluding hydrogens is 314 g/mol. The standard InChI is InChI=1S/C16H18ClN5O/c1-11(12-4-6-18-7-5-12)20-15(23)14-13(17)10-19-16(21-14)22-8-2-3-9-22/h4-7,10-11H,2-3,8-9H2,1H3,(H,20,23). The van der Waals surface area contributed by atoms with Crippen molar-refractivity contribution in [1.82, 2.24) is 20.3 Å². The minimum absolute atomic E-state index is 0.160. The number of nitrogens with zero attached hydrogens (tertiary/aromatic N) is 4. The van der Waals surface area contributed by atoms with Gasteiger partial charge in [-0.1, -0.05) is 11.6 Å². The van der Waals surface area contributed by atoms with Gasteiger partial charge >= 0.3 is 0 Å². The van der Waals surface area contributed by atoms with E-state index >= 15 is 0 Å². The minimum Gasteiger partial charge on any atom is -0.344 e. The van der Waals surface area contributed by atoms with Crippen LogP contribution in [0.15, 0.2) is 30.7 Å². The molecule has 120 valence electrons. The number of hydrogen-bond donors (Lipinski definition) is 1. The zero-order chi connectivity index (χ0) is 16.2. The predicted octanol–water partition coefficient (Wildman–Crippen LogP) is 2.62. The number of carbonyl (C=O) groups excluding carboxylic acids is 1. The molecule has 1 aliphatic heterocycles. The van der Waals surface area contributed by atoms with Crippen molar-refractivity contribution in [2.45, 2.75) is 25.8 Å². The quantitative estimate of drug-likeness (QED) is 0.932. The highest BCUT2D eigenvalue weighted by molar-refractivity contribution is 6.33. The molecule has 2 aromatic heterocycles. The number of aromatic nitrogens is 3. The van der Waals surface area contributed by atoms with Crippen LogP contribution in [0.4, 0.5) is 5.95 Å². The lowest BCUT2D eigenvalue weighted by Gasteiger charge is -2.17. The SMILES string of the molecule is CC(NC(=O)c1nc(N2CCCC2)ncc1Cl)c1ccncc1. The lowest BCUT2D eigenvalue weighted by molar-refractivity contribution is 0.0935. The Morgan fingerprint density at radius 1 is 1.30 bits per heavy atom. The van der Waals surface area contributed by atoms with Crippen molar-refractivity contribution in [3.05, 3.63) is 47.0 Å². The highest BCUT2D eigenvalue weighted by atomic mass is 35.5. The first-order valence-electron chi connectivity index (χ1n) is 7.63. The van der Waals surface area contributed by atoms with E-state index in [1.807, 2.05) is 19.1 Å². The third kappa shape index (κ3) is 3.59. The second-order valence-electron chi connectivity index (χ2n) is 5.54. The molecule has 23 heavy (non-hydrogen) atoms. The lowest BCUT2D eigenvalue weighted by atomic mass is 10.1. The zero-order valence-corrected chi connectivity index (χ0v) is 13.6. The normalized spacial score (nSPS) is 15.5. The number of carbonyl (C=O) groups is 1. The van der Waals surface area contributed by atoms with Crippen LogP contribution in [-0.2, 0) is 0 Å². The van der Waals surface area contributed by atoms with Crippen molar-refractivity contribution in [2.75, 3.05) is 18.0 Å². The molecule has 3 heterocycles. The Kier molecular flexibility index (Phi) is 4.71. The lowest BCUT2D eigenvalue weighted by Crippen LogP contribution is -2.29. The molecule has 0 saturated carbocycles. The third-order valence-corrected chi connectivity index (χ3v) is 4.17. The number of amides is 1. The van der Waals surface area contributed by atoms with Crippen molar-refractivity contribution in [3.63, 3.8) is 0 Å². The molecule has 0 aliphatic carbocycles. The van der Waals surface area contributed by atoms with Gasteiger partial charge < -0.3 is 10.2 Å². The Morgan fingerprint density at radius 3 is 2.70 bits per heavy atom. The second kappa shape index (κ2) is 6.91. The van der Waals surface area contributed by atoms with E-state index in [4.69, 9.17) is 11.6 Å². The number of halogens is 1. The summed E-state index contributed by atoms with van der Waals surface area (Å²) in [7, 11) is 0. The summed E-state index contributed by atoms with van der Waals surface area (Å²) in [5.41, 5.74) is 1.18. The number of rotatable bonds is 4. The molecule has 0 spiro atoms. The van der Waals surface area contributed by atoms with Gasteiger partial charge in [-0.2, -0.15) is 0 Å². The summed E-state index contributed by atoms with van der Waals surface area (Å²) in [5.74, 6) is 0.260. The second-order valence-corrected chi connectivity index (χ2v) is 5.94. The van der Waals surface area contributed by atoms with Gasteiger partial charge in [0.2, 0.25) is 5.95 Å². The number of anilines is 1. The average molecular weight is 332 g/mol. The predicted molar refractivity (Wildman–Crippen MR) is 88.6 cm³/mol. The zero-order valence-electron chi connectivity index (χ0n) is 12.9. The Balaban J connectivity index is 1.77. The van der Waals surface area contributed by atoms with Crippen LogP contribution >= 0.6 is 11.6 Å². The van der Waals surface area contributed by atoms with Gasteiger partial charge in [0, 0.05) is 25.5 Å². The molecule has 0 radical (unpaired) electrons. The first-order chi connectivity index (χ1) is 11.1. The van der Waals surface area contributed by atoms with E-state index in [1.54, 1.807) is 12.4 Å². The molecule has 1 N–H and O–H groups in total. The molecule has 1 atom stereocenters. The Morgan fingerprint density at radius 2 is 2.00 bits per heavy atom. The molecule has 0 bridgehead atoms. The van der Waals surface area contributed by atoms with Crippen molar-refractivity contribution in [3.8, 4) is 0 Å². The van der Waals surface area contributed by atoms with Gasteiger partial charge in [-0.3, -0.25) is 9.78 Å². The van der Waals surface area contributed by atoms with E-state index in [0.29, 0.717) is 5.95 Å². The van der Waals surface area contributed by atoms with Gasteiger partial charge in [0.1, 0.15) is 0 Å². The summed E-state index contributed by atoms with van der Waals surface area (Å²) in [6.07, 6.45) is 7.12. The van der Waals surface area contributed by atoms with Crippen LogP contribution in [0.25, 0.3) is 0 Å². The first kappa shape index (κ1) is 15.7. The topological polar surface area (TPSA) is 71.0 Å². The van der Waals surface area contributed by atoms with Gasteiger partial charge in [0.25, 0.3) is 5.91 Å². The smallest absolute Gasteiger partial charge is 0.272 e. The third-order valence-electron chi connectivity index (χ3n) is 3.89. The summed E-state index contributed by atoms with van der Waals surface area (Å²) in [6, 6.07) is 3.57. The van der Waals surface area contributed by atoms with Crippen LogP contribution in [0.3, 0.4) is 0 Å². The van der Waals surface area contributed by atoms with Crippen molar-refractivity contribution >= 4 is 23.5 Å². The summed E-state index contributed by atoms with van der Waals surface area (Å²) in [4.78, 5) is 27.1. The van der Waals surface area contributed by atoms with Crippen LogP contribution in [0.5, 0.6) is 0 Å². The molecule has 0 aromatic carbocycles. The number of pyridine rings is 1. The largest absolute Gasteiger partial charge is 0.344 e. The fourth-order valence-electron chi connectivity index (χ4n) is 2.59. The molecule has 3 rings (SSSR count). The minimum atomic E-state index is -0.304. The first-order valence-corrected chi connectivity index (χ1v) is 8.01. The summed E-state index contributed by atoms with van der Waals surface area (Å²) in [5, 5.41) is 3.17. The van der Waals surface area contributed by atoms with Gasteiger partial charge in [-0.15, -0.1) is 0 Å². The average Bonchev–Trinajstić information content (AvgIpc) is 3.10. The maximum Gasteiger partial charge on any atom is 0.272 e. The van der Waals surface area contributed by atoms with E-state index in [9.17, 15) is 4.79 Å². The highest BCUT2D eigenvalue weighted by Crippen LogP contribution is 2.20. The maximum absolute atomic E-state index is 12.5. The Bertz CT molecular complexity index is 688. The molecule has 1 saturated heterocycles. The highest BCUT2D eigenvalue weighted by Gasteiger charge is 2.20. The summed E-state index contributed by atoms with van der Waals surface area (Å²) >= 11 is 6.11. The van der Waals surface area contributed by atoms with Gasteiger partial charge in [0.15, 0.2) is 5.69 Å². The molecule has 6 nitrogen and oxygen atoms in total. The Labute approximate surface area is 139 Å². The van der Waals surface area contributed by atoms with Gasteiger partial charge in [0.05, 0.1) is 17.3 Å². The number of nitrogens with one attached hydrogen (secondary N) is 1.